The van der Waals surface area contributed by atoms with Gasteiger partial charge in [0.15, 0.2) is 5.96 Å². The van der Waals surface area contributed by atoms with Crippen LogP contribution in [-0.4, -0.2) is 51.9 Å². The summed E-state index contributed by atoms with van der Waals surface area (Å²) >= 11 is 0. The monoisotopic (exact) mass is 232 g/mol. The van der Waals surface area contributed by atoms with Gasteiger partial charge in [-0.3, -0.25) is 9.79 Å². The fraction of sp³-hybridized carbons (Fsp3) is 0.778. The van der Waals surface area contributed by atoms with Crippen LogP contribution in [0.1, 0.15) is 6.42 Å². The maximum absolute atomic E-state index is 10.9. The van der Waals surface area contributed by atoms with E-state index < -0.39 is 12.0 Å². The van der Waals surface area contributed by atoms with Crippen LogP contribution in [0, 0.1) is 0 Å². The molecular weight excluding hydrogens is 212 g/mol. The summed E-state index contributed by atoms with van der Waals surface area (Å²) < 4.78 is 9.30. The van der Waals surface area contributed by atoms with Crippen molar-refractivity contribution in [1.82, 2.24) is 5.32 Å². The molecule has 0 heterocycles. The number of hydrogen-bond donors (Lipinski definition) is 3. The number of rotatable bonds is 7. The molecule has 0 spiro atoms. The summed E-state index contributed by atoms with van der Waals surface area (Å²) in [7, 11) is 2.90. The molecule has 7 heteroatoms. The van der Waals surface area contributed by atoms with Crippen LogP contribution in [0.15, 0.2) is 4.99 Å². The Balaban J connectivity index is 3.69. The molecule has 0 radical (unpaired) electrons. The summed E-state index contributed by atoms with van der Waals surface area (Å²) in [6.07, 6.45) is 0.402. The van der Waals surface area contributed by atoms with Gasteiger partial charge in [-0.2, -0.15) is 0 Å². The summed E-state index contributed by atoms with van der Waals surface area (Å²) in [5.41, 5.74) is 11.0. The number of esters is 1. The average molecular weight is 232 g/mol. The molecule has 0 aliphatic heterocycles. The molecule has 0 fully saturated rings. The zero-order chi connectivity index (χ0) is 12.4. The lowest BCUT2D eigenvalue weighted by Crippen LogP contribution is -2.35. The van der Waals surface area contributed by atoms with Crippen LogP contribution >= 0.6 is 0 Å². The van der Waals surface area contributed by atoms with Gasteiger partial charge in [0.2, 0.25) is 0 Å². The highest BCUT2D eigenvalue weighted by molar-refractivity contribution is 5.78. The standard InChI is InChI=1S/C9H20N4O3/c1-15-6-5-13-9(11)12-4-3-7(10)8(14)16-2/h7H,3-6,10H2,1-2H3,(H3,11,12,13). The van der Waals surface area contributed by atoms with Gasteiger partial charge in [0.25, 0.3) is 0 Å². The first-order valence-corrected chi connectivity index (χ1v) is 4.98. The van der Waals surface area contributed by atoms with Gasteiger partial charge in [-0.25, -0.2) is 0 Å². The number of ether oxygens (including phenoxy) is 2. The fourth-order valence-electron chi connectivity index (χ4n) is 0.930. The number of hydrogen-bond acceptors (Lipinski definition) is 5. The molecule has 0 saturated carbocycles. The van der Waals surface area contributed by atoms with Crippen molar-refractivity contribution in [3.63, 3.8) is 0 Å². The van der Waals surface area contributed by atoms with E-state index >= 15 is 0 Å². The second-order valence-corrected chi connectivity index (χ2v) is 3.10. The Bertz CT molecular complexity index is 233. The normalized spacial score (nSPS) is 13.3. The van der Waals surface area contributed by atoms with Gasteiger partial charge in [-0.1, -0.05) is 0 Å². The minimum Gasteiger partial charge on any atom is -0.468 e. The molecule has 0 saturated heterocycles. The Morgan fingerprint density at radius 2 is 2.19 bits per heavy atom. The first-order chi connectivity index (χ1) is 7.61. The molecule has 0 aliphatic carbocycles. The predicted molar refractivity (Wildman–Crippen MR) is 61.0 cm³/mol. The highest BCUT2D eigenvalue weighted by atomic mass is 16.5. The lowest BCUT2D eigenvalue weighted by molar-refractivity contribution is -0.142. The van der Waals surface area contributed by atoms with Gasteiger partial charge in [-0.15, -0.1) is 0 Å². The molecule has 1 atom stereocenters. The molecule has 0 aliphatic rings. The highest BCUT2D eigenvalue weighted by Gasteiger charge is 2.12. The fourth-order valence-corrected chi connectivity index (χ4v) is 0.930. The third kappa shape index (κ3) is 7.02. The van der Waals surface area contributed by atoms with Gasteiger partial charge in [0.1, 0.15) is 6.04 Å². The maximum Gasteiger partial charge on any atom is 0.322 e. The summed E-state index contributed by atoms with van der Waals surface area (Å²) in [5, 5.41) is 2.85. The quantitative estimate of drug-likeness (QED) is 0.211. The number of nitrogens with zero attached hydrogens (tertiary/aromatic N) is 1. The number of nitrogens with two attached hydrogens (primary N) is 2. The zero-order valence-corrected chi connectivity index (χ0v) is 9.73. The van der Waals surface area contributed by atoms with Crippen LogP contribution in [0.3, 0.4) is 0 Å². The SMILES string of the molecule is COCCNC(N)=NCCC(N)C(=O)OC. The van der Waals surface area contributed by atoms with Gasteiger partial charge in [0.05, 0.1) is 13.7 Å². The smallest absolute Gasteiger partial charge is 0.322 e. The van der Waals surface area contributed by atoms with Crippen molar-refractivity contribution in [2.45, 2.75) is 12.5 Å². The average Bonchev–Trinajstić information content (AvgIpc) is 2.28. The second kappa shape index (κ2) is 8.93. The molecule has 0 rings (SSSR count). The molecule has 5 N–H and O–H groups in total. The van der Waals surface area contributed by atoms with E-state index in [9.17, 15) is 4.79 Å². The third-order valence-electron chi connectivity index (χ3n) is 1.84. The molecule has 7 nitrogen and oxygen atoms in total. The van der Waals surface area contributed by atoms with Crippen molar-refractivity contribution >= 4 is 11.9 Å². The lowest BCUT2D eigenvalue weighted by atomic mass is 10.2. The maximum atomic E-state index is 10.9. The van der Waals surface area contributed by atoms with Crippen molar-refractivity contribution in [2.75, 3.05) is 33.9 Å². The molecule has 0 aromatic rings. The number of guanidine groups is 1. The van der Waals surface area contributed by atoms with E-state index in [1.807, 2.05) is 0 Å². The molecule has 1 unspecified atom stereocenters. The van der Waals surface area contributed by atoms with E-state index in [0.717, 1.165) is 0 Å². The number of aliphatic imine (C=N–C) groups is 1. The summed E-state index contributed by atoms with van der Waals surface area (Å²) in [6, 6.07) is -0.652. The molecule has 0 amide bonds. The van der Waals surface area contributed by atoms with Crippen molar-refractivity contribution in [3.05, 3.63) is 0 Å². The van der Waals surface area contributed by atoms with Gasteiger partial charge in [-0.05, 0) is 6.42 Å². The van der Waals surface area contributed by atoms with E-state index in [1.54, 1.807) is 7.11 Å². The van der Waals surface area contributed by atoms with E-state index in [1.165, 1.54) is 7.11 Å². The number of nitrogens with one attached hydrogen (secondary N) is 1. The Labute approximate surface area is 95.2 Å². The van der Waals surface area contributed by atoms with Crippen LogP contribution in [0.25, 0.3) is 0 Å². The number of carbonyl (C=O) groups is 1. The highest BCUT2D eigenvalue weighted by Crippen LogP contribution is 1.91. The van der Waals surface area contributed by atoms with Crippen LogP contribution in [-0.2, 0) is 14.3 Å². The Hall–Kier alpha value is -1.34. The Kier molecular flexibility index (Phi) is 8.18. The van der Waals surface area contributed by atoms with Crippen LogP contribution in [0.4, 0.5) is 0 Å². The minimum absolute atomic E-state index is 0.314. The molecular formula is C9H20N4O3. The molecule has 0 aromatic carbocycles. The minimum atomic E-state index is -0.652. The van der Waals surface area contributed by atoms with E-state index in [2.05, 4.69) is 15.0 Å². The first kappa shape index (κ1) is 14.7. The second-order valence-electron chi connectivity index (χ2n) is 3.10. The summed E-state index contributed by atoms with van der Waals surface area (Å²) in [4.78, 5) is 14.9. The van der Waals surface area contributed by atoms with Crippen LogP contribution < -0.4 is 16.8 Å². The van der Waals surface area contributed by atoms with Gasteiger partial charge in [0, 0.05) is 20.2 Å². The summed E-state index contributed by atoms with van der Waals surface area (Å²) in [5.74, 6) is -0.129. The van der Waals surface area contributed by atoms with Crippen molar-refractivity contribution in [3.8, 4) is 0 Å². The number of carbonyl (C=O) groups excluding carboxylic acids is 1. The third-order valence-corrected chi connectivity index (χ3v) is 1.84. The molecule has 0 aromatic heterocycles. The van der Waals surface area contributed by atoms with Crippen LogP contribution in [0.5, 0.6) is 0 Å². The van der Waals surface area contributed by atoms with Crippen molar-refractivity contribution in [2.24, 2.45) is 16.5 Å². The largest absolute Gasteiger partial charge is 0.468 e. The van der Waals surface area contributed by atoms with Crippen molar-refractivity contribution < 1.29 is 14.3 Å². The lowest BCUT2D eigenvalue weighted by Gasteiger charge is -2.08. The molecule has 0 bridgehead atoms. The Morgan fingerprint density at radius 1 is 1.50 bits per heavy atom. The van der Waals surface area contributed by atoms with Gasteiger partial charge < -0.3 is 26.3 Å². The topological polar surface area (TPSA) is 112 Å². The first-order valence-electron chi connectivity index (χ1n) is 4.98. The van der Waals surface area contributed by atoms with Crippen molar-refractivity contribution in [1.29, 1.82) is 0 Å². The number of methoxy groups -OCH3 is 2. The zero-order valence-electron chi connectivity index (χ0n) is 9.73. The van der Waals surface area contributed by atoms with E-state index in [0.29, 0.717) is 32.1 Å². The molecule has 94 valence electrons. The van der Waals surface area contributed by atoms with E-state index in [-0.39, 0.29) is 0 Å². The van der Waals surface area contributed by atoms with Crippen LogP contribution in [0.2, 0.25) is 0 Å². The molecule has 16 heavy (non-hydrogen) atoms. The van der Waals surface area contributed by atoms with Gasteiger partial charge >= 0.3 is 5.97 Å². The Morgan fingerprint density at radius 3 is 2.75 bits per heavy atom. The summed E-state index contributed by atoms with van der Waals surface area (Å²) in [6.45, 7) is 1.52. The van der Waals surface area contributed by atoms with E-state index in [4.69, 9.17) is 16.2 Å². The predicted octanol–water partition coefficient (Wildman–Crippen LogP) is -1.57.